The van der Waals surface area contributed by atoms with Crippen LogP contribution in [0.5, 0.6) is 5.75 Å². The van der Waals surface area contributed by atoms with Gasteiger partial charge in [-0.25, -0.2) is 16.8 Å². The summed E-state index contributed by atoms with van der Waals surface area (Å²) in [6.45, 7) is 11.0. The van der Waals surface area contributed by atoms with Crippen LogP contribution in [0.4, 0.5) is 11.4 Å². The summed E-state index contributed by atoms with van der Waals surface area (Å²) in [5.74, 6) is 0.130. The fourth-order valence-corrected chi connectivity index (χ4v) is 9.58. The van der Waals surface area contributed by atoms with Crippen LogP contribution in [-0.2, 0) is 29.5 Å². The highest BCUT2D eigenvalue weighted by molar-refractivity contribution is 7.90. The van der Waals surface area contributed by atoms with E-state index in [2.05, 4.69) is 10.2 Å². The molecule has 0 N–H and O–H groups in total. The van der Waals surface area contributed by atoms with Gasteiger partial charge in [0.1, 0.15) is 17.3 Å². The summed E-state index contributed by atoms with van der Waals surface area (Å²) in [6, 6.07) is 13.6. The summed E-state index contributed by atoms with van der Waals surface area (Å²) in [5.41, 5.74) is 1.16. The number of ether oxygens (including phenoxy) is 3. The molecule has 4 heterocycles. The topological polar surface area (TPSA) is 179 Å². The second-order valence-corrected chi connectivity index (χ2v) is 20.7. The van der Waals surface area contributed by atoms with Gasteiger partial charge in [0.25, 0.3) is 5.56 Å². The zero-order valence-corrected chi connectivity index (χ0v) is 38.5. The second-order valence-electron chi connectivity index (χ2n) is 14.5. The molecule has 0 aliphatic carbocycles. The van der Waals surface area contributed by atoms with E-state index >= 15 is 0 Å². The zero-order valence-electron chi connectivity index (χ0n) is 34.6. The lowest BCUT2D eigenvalue weighted by Gasteiger charge is -2.36. The Labute approximate surface area is 386 Å². The Morgan fingerprint density at radius 2 is 1.05 bits per heavy atom. The lowest BCUT2D eigenvalue weighted by Crippen LogP contribution is -2.50. The second kappa shape index (κ2) is 23.9. The van der Waals surface area contributed by atoms with Gasteiger partial charge in [0.05, 0.1) is 59.8 Å². The molecule has 4 aromatic rings. The van der Waals surface area contributed by atoms with Crippen molar-refractivity contribution < 1.29 is 31.0 Å². The molecule has 0 bridgehead atoms. The highest BCUT2D eigenvalue weighted by atomic mass is 35.5. The van der Waals surface area contributed by atoms with Crippen molar-refractivity contribution in [3.63, 3.8) is 0 Å². The van der Waals surface area contributed by atoms with E-state index in [9.17, 15) is 26.4 Å². The molecule has 22 heteroatoms. The molecule has 2 saturated heterocycles. The maximum atomic E-state index is 13.4. The van der Waals surface area contributed by atoms with E-state index in [-0.39, 0.29) is 38.8 Å². The van der Waals surface area contributed by atoms with Crippen LogP contribution < -0.4 is 25.7 Å². The molecule has 2 aliphatic heterocycles. The van der Waals surface area contributed by atoms with E-state index in [1.54, 1.807) is 89.5 Å². The van der Waals surface area contributed by atoms with Crippen LogP contribution in [0.2, 0.25) is 15.1 Å². The van der Waals surface area contributed by atoms with Crippen LogP contribution in [0, 0.1) is 0 Å². The standard InChI is InChI=1S/C22H31ClN4O6S.C17H20Cl2N4O3S.2CH4/c1-17(2)34(29,30)26-9-7-25(8-10-26)20-16-24-27(19-6-4-5-18(23)15-19)22(28)21(20)33-14-13-32-12-11-31-3;1-12(2)27(25,26)22-8-6-21(7-9-22)15-11-20-23(17(24)16(15)19)14-5-3-4-13(18)10-14;;/h4-6,15-17H,7-14H2,1-3H3;3-5,10-12H,6-9H2,1-2H3;2*1H4. The van der Waals surface area contributed by atoms with E-state index in [1.807, 2.05) is 9.80 Å². The molecule has 0 atom stereocenters. The number of piperazine rings is 2. The monoisotopic (exact) mass is 976 g/mol. The Balaban J connectivity index is 0.000000333. The predicted molar refractivity (Wildman–Crippen MR) is 252 cm³/mol. The minimum Gasteiger partial charge on any atom is -0.484 e. The molecule has 0 unspecified atom stereocenters. The fourth-order valence-electron chi connectivity index (χ4n) is 6.43. The van der Waals surface area contributed by atoms with Gasteiger partial charge in [-0.2, -0.15) is 28.2 Å². The number of aromatic nitrogens is 4. The number of hydrogen-bond donors (Lipinski definition) is 0. The van der Waals surface area contributed by atoms with Gasteiger partial charge < -0.3 is 24.0 Å². The van der Waals surface area contributed by atoms with Crippen molar-refractivity contribution in [1.82, 2.24) is 28.2 Å². The number of nitrogens with zero attached hydrogens (tertiary/aromatic N) is 8. The number of sulfonamides is 2. The van der Waals surface area contributed by atoms with Crippen LogP contribution in [0.25, 0.3) is 11.4 Å². The van der Waals surface area contributed by atoms with Gasteiger partial charge in [-0.1, -0.05) is 61.8 Å². The Kier molecular flexibility index (Phi) is 20.3. The van der Waals surface area contributed by atoms with E-state index in [0.29, 0.717) is 98.4 Å². The van der Waals surface area contributed by atoms with Gasteiger partial charge in [0.15, 0.2) is 0 Å². The van der Waals surface area contributed by atoms with Crippen molar-refractivity contribution in [2.45, 2.75) is 53.0 Å². The van der Waals surface area contributed by atoms with Crippen molar-refractivity contribution in [3.05, 3.63) is 96.7 Å². The molecule has 6 rings (SSSR count). The van der Waals surface area contributed by atoms with Gasteiger partial charge in [0.2, 0.25) is 25.8 Å². The van der Waals surface area contributed by atoms with Crippen molar-refractivity contribution >= 4 is 66.2 Å². The molecule has 63 heavy (non-hydrogen) atoms. The van der Waals surface area contributed by atoms with E-state index in [4.69, 9.17) is 49.0 Å². The van der Waals surface area contributed by atoms with Crippen molar-refractivity contribution in [3.8, 4) is 17.1 Å². The first-order valence-corrected chi connectivity index (χ1v) is 23.7. The smallest absolute Gasteiger partial charge is 0.316 e. The number of benzene rings is 2. The quantitative estimate of drug-likeness (QED) is 0.137. The maximum Gasteiger partial charge on any atom is 0.316 e. The molecule has 2 aliphatic rings. The third kappa shape index (κ3) is 13.2. The maximum absolute atomic E-state index is 13.4. The Hall–Kier alpha value is -3.79. The molecule has 0 spiro atoms. The molecule has 2 fully saturated rings. The van der Waals surface area contributed by atoms with Crippen LogP contribution in [-0.4, -0.2) is 141 Å². The highest BCUT2D eigenvalue weighted by Gasteiger charge is 2.32. The zero-order chi connectivity index (χ0) is 44.5. The van der Waals surface area contributed by atoms with Crippen molar-refractivity contribution in [2.75, 3.05) is 95.7 Å². The minimum atomic E-state index is -3.34. The highest BCUT2D eigenvalue weighted by Crippen LogP contribution is 2.28. The molecular formula is C41H59Cl3N8O9S2. The first-order valence-electron chi connectivity index (χ1n) is 19.6. The van der Waals surface area contributed by atoms with Gasteiger partial charge in [-0.3, -0.25) is 9.59 Å². The number of hydrogen-bond acceptors (Lipinski definition) is 13. The van der Waals surface area contributed by atoms with E-state index < -0.39 is 41.7 Å². The Bertz CT molecular complexity index is 2460. The minimum absolute atomic E-state index is 0. The fraction of sp³-hybridized carbons (Fsp3) is 0.512. The molecule has 0 amide bonds. The predicted octanol–water partition coefficient (Wildman–Crippen LogP) is 5.46. The van der Waals surface area contributed by atoms with Crippen LogP contribution in [0.1, 0.15) is 42.5 Å². The lowest BCUT2D eigenvalue weighted by molar-refractivity contribution is 0.0541. The molecule has 0 saturated carbocycles. The summed E-state index contributed by atoms with van der Waals surface area (Å²) < 4.78 is 71.3. The number of anilines is 2. The Morgan fingerprint density at radius 3 is 1.49 bits per heavy atom. The van der Waals surface area contributed by atoms with Gasteiger partial charge >= 0.3 is 5.56 Å². The number of methoxy groups -OCH3 is 1. The van der Waals surface area contributed by atoms with E-state index in [0.717, 1.165) is 0 Å². The summed E-state index contributed by atoms with van der Waals surface area (Å²) in [4.78, 5) is 29.8. The molecule has 2 aromatic heterocycles. The average molecular weight is 978 g/mol. The first-order chi connectivity index (χ1) is 29.0. The summed E-state index contributed by atoms with van der Waals surface area (Å²) in [7, 11) is -5.04. The SMILES string of the molecule is C.C.CC(C)S(=O)(=O)N1CCN(c2cnn(-c3cccc(Cl)c3)c(=O)c2Cl)CC1.COCCOCCOc1c(N2CCN(S(=O)(=O)C(C)C)CC2)cnn(-c2cccc(Cl)c2)c1=O. The third-order valence-corrected chi connectivity index (χ3v) is 15.3. The van der Waals surface area contributed by atoms with Gasteiger partial charge in [0, 0.05) is 69.5 Å². The lowest BCUT2D eigenvalue weighted by atomic mass is 10.3. The summed E-state index contributed by atoms with van der Waals surface area (Å²) in [6.07, 6.45) is 3.09. The van der Waals surface area contributed by atoms with E-state index in [1.165, 1.54) is 24.2 Å². The first kappa shape index (κ1) is 53.5. The Morgan fingerprint density at radius 1 is 0.619 bits per heavy atom. The largest absolute Gasteiger partial charge is 0.484 e. The molecule has 2 aromatic carbocycles. The number of halogens is 3. The van der Waals surface area contributed by atoms with Crippen LogP contribution in [0.3, 0.4) is 0 Å². The van der Waals surface area contributed by atoms with Crippen molar-refractivity contribution in [2.24, 2.45) is 0 Å². The number of rotatable bonds is 15. The van der Waals surface area contributed by atoms with Gasteiger partial charge in [-0.15, -0.1) is 0 Å². The molecule has 350 valence electrons. The molecule has 0 radical (unpaired) electrons. The summed E-state index contributed by atoms with van der Waals surface area (Å²) >= 11 is 18.4. The van der Waals surface area contributed by atoms with Gasteiger partial charge in [-0.05, 0) is 64.1 Å². The molecule has 17 nitrogen and oxygen atoms in total. The average Bonchev–Trinajstić information content (AvgIpc) is 3.23. The molecular weight excluding hydrogens is 919 g/mol. The van der Waals surface area contributed by atoms with Crippen LogP contribution >= 0.6 is 34.8 Å². The third-order valence-electron chi connectivity index (χ3n) is 9.90. The normalized spacial score (nSPS) is 15.1. The van der Waals surface area contributed by atoms with Crippen LogP contribution in [0.15, 0.2) is 70.5 Å². The summed E-state index contributed by atoms with van der Waals surface area (Å²) in [5, 5.41) is 8.61. The van der Waals surface area contributed by atoms with Crippen molar-refractivity contribution in [1.29, 1.82) is 0 Å².